The monoisotopic (exact) mass is 440 g/mol. The lowest BCUT2D eigenvalue weighted by Gasteiger charge is -2.11. The Morgan fingerprint density at radius 1 is 0.588 bits per heavy atom. The second kappa shape index (κ2) is 9.68. The third kappa shape index (κ3) is 4.72. The molecule has 0 fully saturated rings. The van der Waals surface area contributed by atoms with Crippen LogP contribution in [0.5, 0.6) is 0 Å². The first-order valence-corrected chi connectivity index (χ1v) is 11.6. The molecule has 0 saturated heterocycles. The highest BCUT2D eigenvalue weighted by molar-refractivity contribution is 5.74. The minimum atomic E-state index is 1.12. The van der Waals surface area contributed by atoms with Crippen LogP contribution in [0.4, 0.5) is 0 Å². The lowest BCUT2D eigenvalue weighted by Crippen LogP contribution is -2.37. The van der Waals surface area contributed by atoms with E-state index >= 15 is 0 Å². The van der Waals surface area contributed by atoms with Crippen LogP contribution < -0.4 is 9.13 Å². The molecule has 0 bridgehead atoms. The van der Waals surface area contributed by atoms with Gasteiger partial charge in [-0.05, 0) is 41.8 Å². The molecule has 0 saturated carbocycles. The topological polar surface area (TPSA) is 7.76 Å². The molecule has 3 aromatic carbocycles. The molecule has 5 rings (SSSR count). The molecular weight excluding hydrogens is 412 g/mol. The van der Waals surface area contributed by atoms with E-state index in [0.717, 1.165) is 17.1 Å². The number of hydrogen-bond donors (Lipinski definition) is 0. The van der Waals surface area contributed by atoms with Gasteiger partial charge in [-0.25, -0.2) is 4.57 Å². The zero-order valence-corrected chi connectivity index (χ0v) is 19.6. The zero-order chi connectivity index (χ0) is 23.3. The minimum absolute atomic E-state index is 1.12. The Morgan fingerprint density at radius 3 is 1.85 bits per heavy atom. The highest BCUT2D eigenvalue weighted by Gasteiger charge is 2.22. The number of hydrogen-bond acceptors (Lipinski definition) is 0. The SMILES string of the molecule is Cc1ccc(-[n+]2c(/C=C/c3cc[n+](C)cc3)cc(-c3ccccc3)cc2-c2ccccc2)cc1. The van der Waals surface area contributed by atoms with Crippen LogP contribution in [0, 0.1) is 6.92 Å². The summed E-state index contributed by atoms with van der Waals surface area (Å²) < 4.78 is 4.40. The summed E-state index contributed by atoms with van der Waals surface area (Å²) in [4.78, 5) is 0. The van der Waals surface area contributed by atoms with Gasteiger partial charge >= 0.3 is 0 Å². The van der Waals surface area contributed by atoms with Crippen molar-refractivity contribution in [2.45, 2.75) is 6.92 Å². The van der Waals surface area contributed by atoms with Gasteiger partial charge in [0.25, 0.3) is 0 Å². The second-order valence-corrected chi connectivity index (χ2v) is 8.59. The molecule has 2 heterocycles. The quantitative estimate of drug-likeness (QED) is 0.272. The van der Waals surface area contributed by atoms with Gasteiger partial charge < -0.3 is 0 Å². The van der Waals surface area contributed by atoms with Gasteiger partial charge in [0.05, 0.1) is 0 Å². The second-order valence-electron chi connectivity index (χ2n) is 8.59. The Bertz CT molecular complexity index is 1420. The summed E-state index contributed by atoms with van der Waals surface area (Å²) in [5.41, 5.74) is 9.42. The van der Waals surface area contributed by atoms with Crippen molar-refractivity contribution in [1.82, 2.24) is 0 Å². The van der Waals surface area contributed by atoms with Crippen molar-refractivity contribution in [3.05, 3.63) is 138 Å². The highest BCUT2D eigenvalue weighted by Crippen LogP contribution is 2.27. The zero-order valence-electron chi connectivity index (χ0n) is 19.6. The van der Waals surface area contributed by atoms with Crippen LogP contribution in [-0.2, 0) is 7.05 Å². The molecular formula is C32H28N2+2. The molecule has 0 amide bonds. The molecule has 0 atom stereocenters. The van der Waals surface area contributed by atoms with E-state index < -0.39 is 0 Å². The number of aryl methyl sites for hydroxylation is 2. The van der Waals surface area contributed by atoms with Gasteiger partial charge in [0.2, 0.25) is 17.1 Å². The van der Waals surface area contributed by atoms with Gasteiger partial charge in [-0.2, -0.15) is 4.57 Å². The van der Waals surface area contributed by atoms with Crippen LogP contribution in [0.25, 0.3) is 40.2 Å². The largest absolute Gasteiger partial charge is 0.219 e. The van der Waals surface area contributed by atoms with E-state index in [9.17, 15) is 0 Å². The van der Waals surface area contributed by atoms with Crippen LogP contribution in [-0.4, -0.2) is 0 Å². The molecule has 2 heteroatoms. The Morgan fingerprint density at radius 2 is 1.21 bits per heavy atom. The van der Waals surface area contributed by atoms with E-state index in [0.29, 0.717) is 0 Å². The maximum absolute atomic E-state index is 2.35. The van der Waals surface area contributed by atoms with Gasteiger partial charge in [-0.15, -0.1) is 0 Å². The molecule has 0 aliphatic carbocycles. The molecule has 34 heavy (non-hydrogen) atoms. The fraction of sp³-hybridized carbons (Fsp3) is 0.0625. The van der Waals surface area contributed by atoms with Crippen molar-refractivity contribution in [2.24, 2.45) is 7.05 Å². The fourth-order valence-electron chi connectivity index (χ4n) is 4.14. The molecule has 2 nitrogen and oxygen atoms in total. The number of aromatic nitrogens is 2. The summed E-state index contributed by atoms with van der Waals surface area (Å²) in [7, 11) is 2.04. The first-order chi connectivity index (χ1) is 16.7. The maximum Gasteiger partial charge on any atom is 0.219 e. The van der Waals surface area contributed by atoms with Crippen molar-refractivity contribution < 1.29 is 9.13 Å². The minimum Gasteiger partial charge on any atom is -0.208 e. The number of rotatable bonds is 5. The van der Waals surface area contributed by atoms with Crippen LogP contribution in [0.15, 0.2) is 122 Å². The molecule has 0 N–H and O–H groups in total. The maximum atomic E-state index is 2.35. The third-order valence-electron chi connectivity index (χ3n) is 6.01. The number of benzene rings is 3. The van der Waals surface area contributed by atoms with Crippen molar-refractivity contribution >= 4 is 12.2 Å². The Balaban J connectivity index is 1.77. The number of pyridine rings is 2. The van der Waals surface area contributed by atoms with Gasteiger partial charge in [0, 0.05) is 48.0 Å². The standard InChI is InChI=1S/C32H28N2/c1-25-13-16-30(17-14-25)34-31(18-15-26-19-21-33(2)22-20-26)23-29(27-9-5-3-6-10-27)24-32(34)28-11-7-4-8-12-28/h3-24H,1-2H3/q+2/b18-15+. The van der Waals surface area contributed by atoms with Gasteiger partial charge in [-0.3, -0.25) is 0 Å². The van der Waals surface area contributed by atoms with Gasteiger partial charge in [0.1, 0.15) is 7.05 Å². The Labute approximate surface area is 201 Å². The highest BCUT2D eigenvalue weighted by atomic mass is 15.0. The van der Waals surface area contributed by atoms with Crippen molar-refractivity contribution in [2.75, 3.05) is 0 Å². The Kier molecular flexibility index (Phi) is 6.13. The average molecular weight is 441 g/mol. The van der Waals surface area contributed by atoms with Crippen LogP contribution in [0.1, 0.15) is 16.8 Å². The molecule has 0 aliphatic heterocycles. The molecule has 0 aliphatic rings. The van der Waals surface area contributed by atoms with Crippen molar-refractivity contribution in [3.63, 3.8) is 0 Å². The van der Waals surface area contributed by atoms with Crippen LogP contribution in [0.2, 0.25) is 0 Å². The third-order valence-corrected chi connectivity index (χ3v) is 6.01. The average Bonchev–Trinajstić information content (AvgIpc) is 2.89. The van der Waals surface area contributed by atoms with E-state index in [1.807, 2.05) is 11.6 Å². The van der Waals surface area contributed by atoms with Crippen molar-refractivity contribution in [3.8, 4) is 28.1 Å². The molecule has 0 unspecified atom stereocenters. The molecule has 0 spiro atoms. The van der Waals surface area contributed by atoms with E-state index in [1.54, 1.807) is 0 Å². The van der Waals surface area contributed by atoms with Crippen molar-refractivity contribution in [1.29, 1.82) is 0 Å². The summed E-state index contributed by atoms with van der Waals surface area (Å²) in [6, 6.07) is 38.8. The lowest BCUT2D eigenvalue weighted by molar-refractivity contribution is -0.671. The summed E-state index contributed by atoms with van der Waals surface area (Å²) in [6.45, 7) is 2.13. The molecule has 164 valence electrons. The lowest BCUT2D eigenvalue weighted by atomic mass is 10.0. The predicted molar refractivity (Wildman–Crippen MR) is 140 cm³/mol. The molecule has 0 radical (unpaired) electrons. The van der Waals surface area contributed by atoms with Crippen LogP contribution >= 0.6 is 0 Å². The van der Waals surface area contributed by atoms with E-state index in [1.165, 1.54) is 27.8 Å². The van der Waals surface area contributed by atoms with Crippen LogP contribution in [0.3, 0.4) is 0 Å². The first kappa shape index (κ1) is 21.5. The van der Waals surface area contributed by atoms with Gasteiger partial charge in [0.15, 0.2) is 12.4 Å². The van der Waals surface area contributed by atoms with E-state index in [4.69, 9.17) is 0 Å². The van der Waals surface area contributed by atoms with Gasteiger partial charge in [-0.1, -0.05) is 66.2 Å². The molecule has 2 aromatic heterocycles. The smallest absolute Gasteiger partial charge is 0.208 e. The fourth-order valence-corrected chi connectivity index (χ4v) is 4.14. The summed E-state index contributed by atoms with van der Waals surface area (Å²) >= 11 is 0. The Hall–Kier alpha value is -4.30. The summed E-state index contributed by atoms with van der Waals surface area (Å²) in [5, 5.41) is 0. The predicted octanol–water partition coefficient (Wildman–Crippen LogP) is 6.60. The summed E-state index contributed by atoms with van der Waals surface area (Å²) in [6.07, 6.45) is 8.55. The molecule has 5 aromatic rings. The number of nitrogens with zero attached hydrogens (tertiary/aromatic N) is 2. The first-order valence-electron chi connectivity index (χ1n) is 11.6. The summed E-state index contributed by atoms with van der Waals surface area (Å²) in [5.74, 6) is 0. The van der Waals surface area contributed by atoms with E-state index in [2.05, 4.69) is 145 Å². The van der Waals surface area contributed by atoms with E-state index in [-0.39, 0.29) is 0 Å². The normalized spacial score (nSPS) is 11.1.